The van der Waals surface area contributed by atoms with Crippen LogP contribution < -0.4 is 0 Å². The first kappa shape index (κ1) is 21.4. The van der Waals surface area contributed by atoms with E-state index in [0.29, 0.717) is 6.42 Å². The Morgan fingerprint density at radius 2 is 1.00 bits per heavy atom. The molecule has 0 spiro atoms. The topological polar surface area (TPSA) is 57.5 Å². The predicted molar refractivity (Wildman–Crippen MR) is 93.1 cm³/mol. The Hall–Kier alpha value is -0.570. The maximum atomic E-state index is 10.4. The van der Waals surface area contributed by atoms with E-state index in [9.17, 15) is 4.79 Å². The molecule has 0 amide bonds. The van der Waals surface area contributed by atoms with Gasteiger partial charge in [-0.1, -0.05) is 97.3 Å². The number of hydrogen-bond donors (Lipinski definition) is 2. The standard InChI is InChI=1S/C19H38O3/c1-17(2)15-13-11-9-7-5-3-4-6-8-10-12-14-16-18(20)19(21)22/h17-18,20H,3-16H2,1-2H3,(H,21,22). The molecule has 0 saturated carbocycles. The molecule has 0 saturated heterocycles. The highest BCUT2D eigenvalue weighted by molar-refractivity contribution is 5.71. The summed E-state index contributed by atoms with van der Waals surface area (Å²) in [5.74, 6) is -0.239. The van der Waals surface area contributed by atoms with E-state index < -0.39 is 12.1 Å². The van der Waals surface area contributed by atoms with Gasteiger partial charge in [0.15, 0.2) is 6.10 Å². The van der Waals surface area contributed by atoms with E-state index in [1.165, 1.54) is 70.6 Å². The molecule has 2 N–H and O–H groups in total. The van der Waals surface area contributed by atoms with E-state index >= 15 is 0 Å². The molecule has 0 aromatic heterocycles. The minimum absolute atomic E-state index is 0.395. The van der Waals surface area contributed by atoms with Crippen molar-refractivity contribution in [2.24, 2.45) is 5.92 Å². The molecule has 0 bridgehead atoms. The first-order chi connectivity index (χ1) is 10.5. The molecular formula is C19H38O3. The smallest absolute Gasteiger partial charge is 0.332 e. The van der Waals surface area contributed by atoms with E-state index in [0.717, 1.165) is 18.8 Å². The molecule has 1 atom stereocenters. The zero-order valence-corrected chi connectivity index (χ0v) is 14.9. The summed E-state index contributed by atoms with van der Waals surface area (Å²) in [6.07, 6.45) is 15.9. The quantitative estimate of drug-likeness (QED) is 0.367. The lowest BCUT2D eigenvalue weighted by Crippen LogP contribution is -2.18. The number of carbonyl (C=O) groups is 1. The molecule has 3 heteroatoms. The van der Waals surface area contributed by atoms with Gasteiger partial charge in [0.25, 0.3) is 0 Å². The van der Waals surface area contributed by atoms with Crippen LogP contribution in [0.5, 0.6) is 0 Å². The molecule has 0 fully saturated rings. The fourth-order valence-electron chi connectivity index (χ4n) is 2.78. The van der Waals surface area contributed by atoms with Gasteiger partial charge >= 0.3 is 5.97 Å². The number of rotatable bonds is 16. The summed E-state index contributed by atoms with van der Waals surface area (Å²) in [6, 6.07) is 0. The Balaban J connectivity index is 3.07. The van der Waals surface area contributed by atoms with Crippen molar-refractivity contribution in [2.75, 3.05) is 0 Å². The SMILES string of the molecule is CC(C)CCCCCCCCCCCCCCC(O)C(=O)O. The van der Waals surface area contributed by atoms with Gasteiger partial charge in [0.05, 0.1) is 0 Å². The lowest BCUT2D eigenvalue weighted by molar-refractivity contribution is -0.146. The minimum Gasteiger partial charge on any atom is -0.479 e. The number of aliphatic hydroxyl groups is 1. The lowest BCUT2D eigenvalue weighted by atomic mass is 10.0. The Morgan fingerprint density at radius 1 is 0.682 bits per heavy atom. The largest absolute Gasteiger partial charge is 0.479 e. The van der Waals surface area contributed by atoms with Crippen LogP contribution in [-0.2, 0) is 4.79 Å². The third-order valence-corrected chi connectivity index (χ3v) is 4.29. The van der Waals surface area contributed by atoms with Gasteiger partial charge in [0.2, 0.25) is 0 Å². The van der Waals surface area contributed by atoms with Crippen LogP contribution in [0.1, 0.15) is 104 Å². The summed E-state index contributed by atoms with van der Waals surface area (Å²) in [5, 5.41) is 17.7. The number of unbranched alkanes of at least 4 members (excludes halogenated alkanes) is 11. The zero-order chi connectivity index (χ0) is 16.6. The second kappa shape index (κ2) is 15.3. The maximum absolute atomic E-state index is 10.4. The molecule has 22 heavy (non-hydrogen) atoms. The van der Waals surface area contributed by atoms with E-state index in [4.69, 9.17) is 10.2 Å². The van der Waals surface area contributed by atoms with Crippen LogP contribution in [0.3, 0.4) is 0 Å². The Kier molecular flexibility index (Phi) is 14.9. The zero-order valence-electron chi connectivity index (χ0n) is 14.9. The average Bonchev–Trinajstić information content (AvgIpc) is 2.46. The minimum atomic E-state index is -1.17. The predicted octanol–water partition coefficient (Wildman–Crippen LogP) is 5.55. The maximum Gasteiger partial charge on any atom is 0.332 e. The highest BCUT2D eigenvalue weighted by Gasteiger charge is 2.11. The average molecular weight is 315 g/mol. The van der Waals surface area contributed by atoms with Crippen LogP contribution in [0, 0.1) is 5.92 Å². The molecule has 0 radical (unpaired) electrons. The van der Waals surface area contributed by atoms with Crippen LogP contribution in [0.4, 0.5) is 0 Å². The van der Waals surface area contributed by atoms with Gasteiger partial charge < -0.3 is 10.2 Å². The summed E-state index contributed by atoms with van der Waals surface area (Å²) in [5.41, 5.74) is 0. The summed E-state index contributed by atoms with van der Waals surface area (Å²) >= 11 is 0. The van der Waals surface area contributed by atoms with E-state index in [1.807, 2.05) is 0 Å². The van der Waals surface area contributed by atoms with Crippen molar-refractivity contribution in [3.05, 3.63) is 0 Å². The van der Waals surface area contributed by atoms with Gasteiger partial charge in [-0.3, -0.25) is 0 Å². The van der Waals surface area contributed by atoms with E-state index in [2.05, 4.69) is 13.8 Å². The highest BCUT2D eigenvalue weighted by atomic mass is 16.4. The van der Waals surface area contributed by atoms with E-state index in [-0.39, 0.29) is 0 Å². The van der Waals surface area contributed by atoms with Crippen LogP contribution in [0.15, 0.2) is 0 Å². The van der Waals surface area contributed by atoms with Crippen molar-refractivity contribution in [1.29, 1.82) is 0 Å². The summed E-state index contributed by atoms with van der Waals surface area (Å²) in [6.45, 7) is 4.60. The van der Waals surface area contributed by atoms with Crippen molar-refractivity contribution in [2.45, 2.75) is 110 Å². The molecule has 0 aromatic carbocycles. The molecule has 0 rings (SSSR count). The highest BCUT2D eigenvalue weighted by Crippen LogP contribution is 2.14. The summed E-state index contributed by atoms with van der Waals surface area (Å²) < 4.78 is 0. The van der Waals surface area contributed by atoms with Gasteiger partial charge in [-0.05, 0) is 12.3 Å². The van der Waals surface area contributed by atoms with Crippen molar-refractivity contribution in [3.63, 3.8) is 0 Å². The third kappa shape index (κ3) is 15.8. The molecule has 0 aromatic rings. The molecule has 0 aliphatic heterocycles. The van der Waals surface area contributed by atoms with Crippen LogP contribution in [0.2, 0.25) is 0 Å². The van der Waals surface area contributed by atoms with E-state index in [1.54, 1.807) is 0 Å². The molecule has 1 unspecified atom stereocenters. The Bertz CT molecular complexity index is 251. The van der Waals surface area contributed by atoms with Crippen LogP contribution in [0.25, 0.3) is 0 Å². The van der Waals surface area contributed by atoms with Crippen molar-refractivity contribution < 1.29 is 15.0 Å². The molecular weight excluding hydrogens is 276 g/mol. The van der Waals surface area contributed by atoms with Gasteiger partial charge in [-0.15, -0.1) is 0 Å². The fraction of sp³-hybridized carbons (Fsp3) is 0.947. The molecule has 0 aliphatic rings. The molecule has 0 heterocycles. The fourth-order valence-corrected chi connectivity index (χ4v) is 2.78. The normalized spacial score (nSPS) is 12.7. The first-order valence-electron chi connectivity index (χ1n) is 9.45. The molecule has 3 nitrogen and oxygen atoms in total. The lowest BCUT2D eigenvalue weighted by Gasteiger charge is -2.05. The number of aliphatic carboxylic acids is 1. The van der Waals surface area contributed by atoms with Gasteiger partial charge in [-0.25, -0.2) is 4.79 Å². The van der Waals surface area contributed by atoms with Gasteiger partial charge in [0, 0.05) is 0 Å². The number of aliphatic hydroxyl groups excluding tert-OH is 1. The van der Waals surface area contributed by atoms with Crippen LogP contribution >= 0.6 is 0 Å². The summed E-state index contributed by atoms with van der Waals surface area (Å²) in [4.78, 5) is 10.4. The van der Waals surface area contributed by atoms with Crippen molar-refractivity contribution in [1.82, 2.24) is 0 Å². The number of carboxylic acid groups (broad SMARTS) is 1. The molecule has 132 valence electrons. The third-order valence-electron chi connectivity index (χ3n) is 4.29. The second-order valence-corrected chi connectivity index (χ2v) is 7.07. The summed E-state index contributed by atoms with van der Waals surface area (Å²) in [7, 11) is 0. The van der Waals surface area contributed by atoms with Gasteiger partial charge in [-0.2, -0.15) is 0 Å². The molecule has 0 aliphatic carbocycles. The Labute approximate surface area is 137 Å². The van der Waals surface area contributed by atoms with Crippen molar-refractivity contribution >= 4 is 5.97 Å². The Morgan fingerprint density at radius 3 is 1.32 bits per heavy atom. The number of carboxylic acids is 1. The second-order valence-electron chi connectivity index (χ2n) is 7.07. The monoisotopic (exact) mass is 314 g/mol. The van der Waals surface area contributed by atoms with Crippen molar-refractivity contribution in [3.8, 4) is 0 Å². The van der Waals surface area contributed by atoms with Gasteiger partial charge in [0.1, 0.15) is 0 Å². The number of hydrogen-bond acceptors (Lipinski definition) is 2. The van der Waals surface area contributed by atoms with Crippen LogP contribution in [-0.4, -0.2) is 22.3 Å². The first-order valence-corrected chi connectivity index (χ1v) is 9.45.